The van der Waals surface area contributed by atoms with Crippen LogP contribution in [0.2, 0.25) is 0 Å². The number of rotatable bonds is 2. The number of allylic oxidation sites excluding steroid dienone is 2. The van der Waals surface area contributed by atoms with Gasteiger partial charge in [0.1, 0.15) is 0 Å². The van der Waals surface area contributed by atoms with Crippen LogP contribution < -0.4 is 0 Å². The van der Waals surface area contributed by atoms with Crippen LogP contribution >= 0.6 is 0 Å². The van der Waals surface area contributed by atoms with Crippen molar-refractivity contribution in [2.45, 2.75) is 38.2 Å². The van der Waals surface area contributed by atoms with Crippen LogP contribution in [0, 0.1) is 5.92 Å². The Hall–Kier alpha value is -0.340. The molecule has 0 amide bonds. The van der Waals surface area contributed by atoms with E-state index in [1.54, 1.807) is 0 Å². The third-order valence-corrected chi connectivity index (χ3v) is 3.45. The summed E-state index contributed by atoms with van der Waals surface area (Å²) in [5.74, 6) is 0.871. The number of hydrogen-bond acceptors (Lipinski definition) is 2. The quantitative estimate of drug-likeness (QED) is 0.679. The first-order valence-corrected chi connectivity index (χ1v) is 5.90. The van der Waals surface area contributed by atoms with Gasteiger partial charge in [0.25, 0.3) is 0 Å². The first kappa shape index (κ1) is 10.2. The van der Waals surface area contributed by atoms with Gasteiger partial charge >= 0.3 is 0 Å². The van der Waals surface area contributed by atoms with Crippen molar-refractivity contribution in [1.29, 1.82) is 0 Å². The number of hydrogen-bond donors (Lipinski definition) is 1. The van der Waals surface area contributed by atoms with Gasteiger partial charge in [-0.3, -0.25) is 0 Å². The molecule has 1 atom stereocenters. The zero-order chi connectivity index (χ0) is 9.80. The van der Waals surface area contributed by atoms with E-state index in [1.807, 2.05) is 0 Å². The summed E-state index contributed by atoms with van der Waals surface area (Å²) in [5, 5.41) is 9.39. The van der Waals surface area contributed by atoms with Crippen molar-refractivity contribution >= 4 is 0 Å². The maximum atomic E-state index is 9.39. The Kier molecular flexibility index (Phi) is 3.60. The lowest BCUT2D eigenvalue weighted by molar-refractivity contribution is 0.0739. The summed E-state index contributed by atoms with van der Waals surface area (Å²) in [7, 11) is 0. The van der Waals surface area contributed by atoms with Crippen LogP contribution in [0.3, 0.4) is 0 Å². The van der Waals surface area contributed by atoms with E-state index in [2.05, 4.69) is 17.1 Å². The van der Waals surface area contributed by atoms with Crippen LogP contribution in [0.5, 0.6) is 0 Å². The fourth-order valence-corrected chi connectivity index (χ4v) is 2.49. The average molecular weight is 195 g/mol. The molecule has 2 nitrogen and oxygen atoms in total. The predicted molar refractivity (Wildman–Crippen MR) is 58.2 cm³/mol. The SMILES string of the molecule is OC1CCN(C[C@@H]2CC=CCC2)CC1. The molecule has 1 aliphatic carbocycles. The highest BCUT2D eigenvalue weighted by Crippen LogP contribution is 2.21. The molecule has 1 heterocycles. The van der Waals surface area contributed by atoms with Crippen molar-refractivity contribution in [3.05, 3.63) is 12.2 Å². The van der Waals surface area contributed by atoms with Gasteiger partial charge < -0.3 is 10.0 Å². The number of likely N-dealkylation sites (tertiary alicyclic amines) is 1. The topological polar surface area (TPSA) is 23.5 Å². The second-order valence-corrected chi connectivity index (χ2v) is 4.68. The zero-order valence-electron chi connectivity index (χ0n) is 8.86. The zero-order valence-corrected chi connectivity index (χ0v) is 8.86. The molecule has 0 aromatic rings. The minimum atomic E-state index is -0.0301. The van der Waals surface area contributed by atoms with Gasteiger partial charge in [0.15, 0.2) is 0 Å². The van der Waals surface area contributed by atoms with Gasteiger partial charge in [-0.05, 0) is 38.0 Å². The number of aliphatic hydroxyl groups excluding tert-OH is 1. The molecular formula is C12H21NO. The van der Waals surface area contributed by atoms with Gasteiger partial charge in [-0.1, -0.05) is 12.2 Å². The van der Waals surface area contributed by atoms with E-state index < -0.39 is 0 Å². The van der Waals surface area contributed by atoms with Crippen LogP contribution in [0.15, 0.2) is 12.2 Å². The van der Waals surface area contributed by atoms with Gasteiger partial charge in [0.2, 0.25) is 0 Å². The maximum absolute atomic E-state index is 9.39. The Labute approximate surface area is 86.6 Å². The van der Waals surface area contributed by atoms with Crippen molar-refractivity contribution < 1.29 is 5.11 Å². The van der Waals surface area contributed by atoms with E-state index in [9.17, 15) is 5.11 Å². The second kappa shape index (κ2) is 4.94. The summed E-state index contributed by atoms with van der Waals surface area (Å²) >= 11 is 0. The lowest BCUT2D eigenvalue weighted by Gasteiger charge is -2.32. The van der Waals surface area contributed by atoms with E-state index in [0.717, 1.165) is 31.8 Å². The number of aliphatic hydroxyl groups is 1. The van der Waals surface area contributed by atoms with Crippen LogP contribution in [0.1, 0.15) is 32.1 Å². The Morgan fingerprint density at radius 2 is 1.93 bits per heavy atom. The van der Waals surface area contributed by atoms with Gasteiger partial charge in [0.05, 0.1) is 6.10 Å². The fraction of sp³-hybridized carbons (Fsp3) is 0.833. The summed E-state index contributed by atoms with van der Waals surface area (Å²) in [5.41, 5.74) is 0. The first-order valence-electron chi connectivity index (χ1n) is 5.90. The van der Waals surface area contributed by atoms with Gasteiger partial charge in [0, 0.05) is 19.6 Å². The molecule has 1 fully saturated rings. The van der Waals surface area contributed by atoms with Crippen LogP contribution in [-0.2, 0) is 0 Å². The smallest absolute Gasteiger partial charge is 0.0564 e. The highest BCUT2D eigenvalue weighted by atomic mass is 16.3. The first-order chi connectivity index (χ1) is 6.84. The molecule has 1 saturated heterocycles. The molecule has 2 rings (SSSR count). The summed E-state index contributed by atoms with van der Waals surface area (Å²) in [6, 6.07) is 0. The van der Waals surface area contributed by atoms with Crippen LogP contribution in [0.4, 0.5) is 0 Å². The molecule has 2 aliphatic rings. The molecule has 0 unspecified atom stereocenters. The largest absolute Gasteiger partial charge is 0.393 e. The molecule has 0 aromatic carbocycles. The standard InChI is InChI=1S/C12H21NO/c14-12-6-8-13(9-7-12)10-11-4-2-1-3-5-11/h1-2,11-12,14H,3-10H2/t11-/m1/s1. The minimum absolute atomic E-state index is 0.0301. The summed E-state index contributed by atoms with van der Waals surface area (Å²) in [4.78, 5) is 2.52. The van der Waals surface area contributed by atoms with Crippen LogP contribution in [0.25, 0.3) is 0 Å². The van der Waals surface area contributed by atoms with Crippen LogP contribution in [-0.4, -0.2) is 35.7 Å². The molecule has 0 spiro atoms. The normalized spacial score (nSPS) is 30.8. The Balaban J connectivity index is 1.72. The third-order valence-electron chi connectivity index (χ3n) is 3.45. The van der Waals surface area contributed by atoms with E-state index in [4.69, 9.17) is 0 Å². The van der Waals surface area contributed by atoms with E-state index >= 15 is 0 Å². The average Bonchev–Trinajstić information content (AvgIpc) is 2.23. The molecule has 2 heteroatoms. The van der Waals surface area contributed by atoms with Gasteiger partial charge in [-0.25, -0.2) is 0 Å². The predicted octanol–water partition coefficient (Wildman–Crippen LogP) is 1.80. The van der Waals surface area contributed by atoms with Crippen molar-refractivity contribution in [2.24, 2.45) is 5.92 Å². The lowest BCUT2D eigenvalue weighted by atomic mass is 9.93. The minimum Gasteiger partial charge on any atom is -0.393 e. The Morgan fingerprint density at radius 1 is 1.14 bits per heavy atom. The number of nitrogens with zero attached hydrogens (tertiary/aromatic N) is 1. The van der Waals surface area contributed by atoms with Crippen molar-refractivity contribution in [3.63, 3.8) is 0 Å². The molecule has 0 bridgehead atoms. The summed E-state index contributed by atoms with van der Waals surface area (Å²) in [6.07, 6.45) is 10.4. The molecule has 1 N–H and O–H groups in total. The molecule has 0 aromatic heterocycles. The highest BCUT2D eigenvalue weighted by Gasteiger charge is 2.20. The summed E-state index contributed by atoms with van der Waals surface area (Å²) in [6.45, 7) is 3.44. The molecule has 1 aliphatic heterocycles. The molecule has 80 valence electrons. The Bertz CT molecular complexity index is 194. The van der Waals surface area contributed by atoms with Crippen molar-refractivity contribution in [1.82, 2.24) is 4.90 Å². The van der Waals surface area contributed by atoms with Gasteiger partial charge in [-0.15, -0.1) is 0 Å². The monoisotopic (exact) mass is 195 g/mol. The van der Waals surface area contributed by atoms with E-state index in [1.165, 1.54) is 25.8 Å². The van der Waals surface area contributed by atoms with Gasteiger partial charge in [-0.2, -0.15) is 0 Å². The molecule has 0 radical (unpaired) electrons. The van der Waals surface area contributed by atoms with E-state index in [-0.39, 0.29) is 6.10 Å². The number of piperidine rings is 1. The van der Waals surface area contributed by atoms with Crippen molar-refractivity contribution in [2.75, 3.05) is 19.6 Å². The molecule has 14 heavy (non-hydrogen) atoms. The lowest BCUT2D eigenvalue weighted by Crippen LogP contribution is -2.38. The highest BCUT2D eigenvalue weighted by molar-refractivity contribution is 4.91. The Morgan fingerprint density at radius 3 is 2.57 bits per heavy atom. The van der Waals surface area contributed by atoms with Crippen molar-refractivity contribution in [3.8, 4) is 0 Å². The third kappa shape index (κ3) is 2.82. The fourth-order valence-electron chi connectivity index (χ4n) is 2.49. The molecular weight excluding hydrogens is 174 g/mol. The second-order valence-electron chi connectivity index (χ2n) is 4.68. The van der Waals surface area contributed by atoms with E-state index in [0.29, 0.717) is 0 Å². The maximum Gasteiger partial charge on any atom is 0.0564 e. The molecule has 0 saturated carbocycles. The summed E-state index contributed by atoms with van der Waals surface area (Å²) < 4.78 is 0.